The molecule has 0 spiro atoms. The number of nitrogens with zero attached hydrogens (tertiary/aromatic N) is 1. The molecule has 0 aromatic carbocycles. The van der Waals surface area contributed by atoms with E-state index in [4.69, 9.17) is 0 Å². The van der Waals surface area contributed by atoms with Crippen LogP contribution in [0.1, 0.15) is 27.7 Å². The van der Waals surface area contributed by atoms with Crippen molar-refractivity contribution < 1.29 is 4.79 Å². The number of likely N-dealkylation sites (N-methyl/N-ethyl adjacent to an activating group) is 1. The number of amides is 1. The van der Waals surface area contributed by atoms with Crippen molar-refractivity contribution in [3.63, 3.8) is 0 Å². The zero-order valence-corrected chi connectivity index (χ0v) is 9.92. The van der Waals surface area contributed by atoms with Crippen LogP contribution in [-0.4, -0.2) is 36.0 Å². The van der Waals surface area contributed by atoms with Crippen LogP contribution in [0, 0.1) is 0 Å². The second-order valence-electron chi connectivity index (χ2n) is 4.21. The molecule has 0 saturated carbocycles. The molecule has 0 aromatic rings. The molecule has 0 fully saturated rings. The summed E-state index contributed by atoms with van der Waals surface area (Å²) in [7, 11) is 1.80. The topological polar surface area (TPSA) is 32.3 Å². The molecule has 1 amide bonds. The minimum absolute atomic E-state index is 0.106. The second kappa shape index (κ2) is 5.15. The van der Waals surface area contributed by atoms with Crippen molar-refractivity contribution in [1.29, 1.82) is 0 Å². The summed E-state index contributed by atoms with van der Waals surface area (Å²) in [4.78, 5) is 13.9. The van der Waals surface area contributed by atoms with Crippen molar-refractivity contribution >= 4 is 5.91 Å². The van der Waals surface area contributed by atoms with Crippen LogP contribution in [-0.2, 0) is 4.79 Å². The van der Waals surface area contributed by atoms with Crippen LogP contribution in [0.5, 0.6) is 0 Å². The van der Waals surface area contributed by atoms with Gasteiger partial charge in [0.2, 0.25) is 5.91 Å². The van der Waals surface area contributed by atoms with Crippen molar-refractivity contribution in [3.8, 4) is 0 Å². The van der Waals surface area contributed by atoms with E-state index in [1.54, 1.807) is 13.1 Å². The molecule has 1 N–H and O–H groups in total. The smallest absolute Gasteiger partial charge is 0.242 e. The lowest BCUT2D eigenvalue weighted by Gasteiger charge is -2.33. The maximum absolute atomic E-state index is 12.0. The molecule has 3 heteroatoms. The zero-order valence-electron chi connectivity index (χ0n) is 9.92. The van der Waals surface area contributed by atoms with Gasteiger partial charge in [-0.15, -0.1) is 6.58 Å². The summed E-state index contributed by atoms with van der Waals surface area (Å²) in [6.45, 7) is 12.0. The van der Waals surface area contributed by atoms with Crippen molar-refractivity contribution in [3.05, 3.63) is 12.7 Å². The first-order valence-corrected chi connectivity index (χ1v) is 4.97. The van der Waals surface area contributed by atoms with E-state index in [0.717, 1.165) is 0 Å². The van der Waals surface area contributed by atoms with Gasteiger partial charge in [-0.25, -0.2) is 0 Å². The summed E-state index contributed by atoms with van der Waals surface area (Å²) >= 11 is 0. The molecule has 3 nitrogen and oxygen atoms in total. The average molecular weight is 198 g/mol. The first kappa shape index (κ1) is 13.2. The van der Waals surface area contributed by atoms with Gasteiger partial charge >= 0.3 is 0 Å². The van der Waals surface area contributed by atoms with E-state index in [1.165, 1.54) is 0 Å². The molecule has 0 aliphatic rings. The Kier molecular flexibility index (Phi) is 4.85. The van der Waals surface area contributed by atoms with Gasteiger partial charge in [0.1, 0.15) is 0 Å². The van der Waals surface area contributed by atoms with Gasteiger partial charge in [0.15, 0.2) is 0 Å². The van der Waals surface area contributed by atoms with Gasteiger partial charge < -0.3 is 10.2 Å². The maximum atomic E-state index is 12.0. The standard InChI is InChI=1S/C11H22N2O/c1-7-8-13(9(2)3)10(14)11(4,5)12-6/h7,9,12H,1,8H2,2-6H3. The minimum Gasteiger partial charge on any atom is -0.335 e. The first-order valence-electron chi connectivity index (χ1n) is 4.97. The third-order valence-corrected chi connectivity index (χ3v) is 2.37. The van der Waals surface area contributed by atoms with Crippen LogP contribution in [0.15, 0.2) is 12.7 Å². The van der Waals surface area contributed by atoms with Gasteiger partial charge in [0.05, 0.1) is 5.54 Å². The van der Waals surface area contributed by atoms with Crippen LogP contribution >= 0.6 is 0 Å². The lowest BCUT2D eigenvalue weighted by atomic mass is 10.0. The predicted octanol–water partition coefficient (Wildman–Crippen LogP) is 1.41. The molecule has 0 unspecified atom stereocenters. The summed E-state index contributed by atoms with van der Waals surface area (Å²) in [5.41, 5.74) is -0.507. The zero-order chi connectivity index (χ0) is 11.4. The number of hydrogen-bond acceptors (Lipinski definition) is 2. The van der Waals surface area contributed by atoms with Gasteiger partial charge in [-0.1, -0.05) is 6.08 Å². The van der Waals surface area contributed by atoms with Crippen LogP contribution in [0.3, 0.4) is 0 Å². The third kappa shape index (κ3) is 3.14. The van der Waals surface area contributed by atoms with Crippen molar-refractivity contribution in [1.82, 2.24) is 10.2 Å². The van der Waals surface area contributed by atoms with Gasteiger partial charge in [-0.2, -0.15) is 0 Å². The molecule has 0 rings (SSSR count). The Labute approximate surface area is 87.2 Å². The van der Waals surface area contributed by atoms with E-state index in [2.05, 4.69) is 11.9 Å². The van der Waals surface area contributed by atoms with Gasteiger partial charge in [0, 0.05) is 12.6 Å². The van der Waals surface area contributed by atoms with E-state index in [1.807, 2.05) is 32.6 Å². The molecule has 0 heterocycles. The number of carbonyl (C=O) groups excluding carboxylic acids is 1. The number of rotatable bonds is 5. The van der Waals surface area contributed by atoms with E-state index in [-0.39, 0.29) is 11.9 Å². The quantitative estimate of drug-likeness (QED) is 0.677. The summed E-state index contributed by atoms with van der Waals surface area (Å²) < 4.78 is 0. The van der Waals surface area contributed by atoms with Gasteiger partial charge in [0.25, 0.3) is 0 Å². The monoisotopic (exact) mass is 198 g/mol. The fourth-order valence-electron chi connectivity index (χ4n) is 1.13. The molecule has 0 radical (unpaired) electrons. The number of hydrogen-bond donors (Lipinski definition) is 1. The summed E-state index contributed by atoms with van der Waals surface area (Å²) in [5.74, 6) is 0.106. The van der Waals surface area contributed by atoms with E-state index < -0.39 is 5.54 Å². The molecule has 14 heavy (non-hydrogen) atoms. The van der Waals surface area contributed by atoms with Crippen LogP contribution in [0.4, 0.5) is 0 Å². The molecule has 0 atom stereocenters. The van der Waals surface area contributed by atoms with Crippen molar-refractivity contribution in [2.75, 3.05) is 13.6 Å². The van der Waals surface area contributed by atoms with Gasteiger partial charge in [-0.3, -0.25) is 4.79 Å². The summed E-state index contributed by atoms with van der Waals surface area (Å²) in [6.07, 6.45) is 1.75. The SMILES string of the molecule is C=CCN(C(=O)C(C)(C)NC)C(C)C. The maximum Gasteiger partial charge on any atom is 0.242 e. The minimum atomic E-state index is -0.507. The molecule has 0 aromatic heterocycles. The second-order valence-corrected chi connectivity index (χ2v) is 4.21. The Morgan fingerprint density at radius 3 is 2.36 bits per heavy atom. The number of nitrogens with one attached hydrogen (secondary N) is 1. The first-order chi connectivity index (χ1) is 6.36. The molecule has 0 bridgehead atoms. The van der Waals surface area contributed by atoms with Crippen LogP contribution in [0.2, 0.25) is 0 Å². The Hall–Kier alpha value is -0.830. The highest BCUT2D eigenvalue weighted by Gasteiger charge is 2.30. The van der Waals surface area contributed by atoms with Crippen LogP contribution < -0.4 is 5.32 Å². The summed E-state index contributed by atoms with van der Waals surface area (Å²) in [6, 6.07) is 0.202. The largest absolute Gasteiger partial charge is 0.335 e. The molecule has 0 aliphatic carbocycles. The molecule has 82 valence electrons. The Balaban J connectivity index is 4.67. The molecular weight excluding hydrogens is 176 g/mol. The van der Waals surface area contributed by atoms with Crippen molar-refractivity contribution in [2.24, 2.45) is 0 Å². The van der Waals surface area contributed by atoms with E-state index in [0.29, 0.717) is 6.54 Å². The Bertz CT molecular complexity index is 209. The lowest BCUT2D eigenvalue weighted by Crippen LogP contribution is -2.54. The molecule has 0 saturated heterocycles. The highest BCUT2D eigenvalue weighted by Crippen LogP contribution is 2.10. The third-order valence-electron chi connectivity index (χ3n) is 2.37. The average Bonchev–Trinajstić information content (AvgIpc) is 2.12. The lowest BCUT2D eigenvalue weighted by molar-refractivity contribution is -0.138. The highest BCUT2D eigenvalue weighted by atomic mass is 16.2. The normalized spacial score (nSPS) is 11.6. The Morgan fingerprint density at radius 1 is 1.57 bits per heavy atom. The number of carbonyl (C=O) groups is 1. The fraction of sp³-hybridized carbons (Fsp3) is 0.727. The molecular formula is C11H22N2O. The molecule has 0 aliphatic heterocycles. The van der Waals surface area contributed by atoms with Gasteiger partial charge in [-0.05, 0) is 34.7 Å². The highest BCUT2D eigenvalue weighted by molar-refractivity contribution is 5.85. The van der Waals surface area contributed by atoms with Crippen molar-refractivity contribution in [2.45, 2.75) is 39.3 Å². The predicted molar refractivity (Wildman–Crippen MR) is 60.2 cm³/mol. The Morgan fingerprint density at radius 2 is 2.07 bits per heavy atom. The fourth-order valence-corrected chi connectivity index (χ4v) is 1.13. The van der Waals surface area contributed by atoms with E-state index >= 15 is 0 Å². The van der Waals surface area contributed by atoms with Crippen LogP contribution in [0.25, 0.3) is 0 Å². The summed E-state index contributed by atoms with van der Waals surface area (Å²) in [5, 5.41) is 3.01. The van der Waals surface area contributed by atoms with E-state index in [9.17, 15) is 4.79 Å².